The molecule has 4 atom stereocenters. The molecule has 2 aliphatic heterocycles. The van der Waals surface area contributed by atoms with Crippen LogP contribution in [0.1, 0.15) is 59.8 Å². The molecule has 1 saturated carbocycles. The van der Waals surface area contributed by atoms with Crippen molar-refractivity contribution in [3.05, 3.63) is 0 Å². The van der Waals surface area contributed by atoms with Crippen molar-refractivity contribution in [2.24, 2.45) is 5.92 Å². The second kappa shape index (κ2) is 5.26. The molecule has 0 radical (unpaired) electrons. The maximum absolute atomic E-state index is 6.10. The number of piperazine rings is 1. The van der Waals surface area contributed by atoms with E-state index < -0.39 is 0 Å². The summed E-state index contributed by atoms with van der Waals surface area (Å²) in [5, 5.41) is 3.84. The van der Waals surface area contributed by atoms with Crippen LogP contribution in [0.5, 0.6) is 0 Å². The highest BCUT2D eigenvalue weighted by molar-refractivity contribution is 5.08. The van der Waals surface area contributed by atoms with E-state index in [9.17, 15) is 0 Å². The van der Waals surface area contributed by atoms with Gasteiger partial charge in [0.2, 0.25) is 0 Å². The van der Waals surface area contributed by atoms with Crippen molar-refractivity contribution in [1.82, 2.24) is 10.2 Å². The maximum Gasteiger partial charge on any atom is 0.0706 e. The molecule has 0 aromatic heterocycles. The van der Waals surface area contributed by atoms with Crippen LogP contribution in [0, 0.1) is 5.92 Å². The van der Waals surface area contributed by atoms with Gasteiger partial charge in [-0.3, -0.25) is 4.90 Å². The zero-order valence-corrected chi connectivity index (χ0v) is 13.7. The van der Waals surface area contributed by atoms with E-state index in [0.717, 1.165) is 19.0 Å². The fraction of sp³-hybridized carbons (Fsp3) is 1.00. The zero-order valence-electron chi connectivity index (χ0n) is 13.7. The van der Waals surface area contributed by atoms with E-state index in [0.29, 0.717) is 17.7 Å². The van der Waals surface area contributed by atoms with Gasteiger partial charge in [0.25, 0.3) is 0 Å². The molecule has 0 spiro atoms. The van der Waals surface area contributed by atoms with Gasteiger partial charge in [0.1, 0.15) is 0 Å². The first-order chi connectivity index (χ1) is 9.45. The van der Waals surface area contributed by atoms with Crippen molar-refractivity contribution in [3.8, 4) is 0 Å². The first-order valence-electron chi connectivity index (χ1n) is 8.61. The van der Waals surface area contributed by atoms with Crippen molar-refractivity contribution in [2.75, 3.05) is 19.6 Å². The van der Waals surface area contributed by atoms with Gasteiger partial charge in [-0.1, -0.05) is 6.92 Å². The summed E-state index contributed by atoms with van der Waals surface area (Å²) in [6.45, 7) is 12.8. The average molecular weight is 280 g/mol. The average Bonchev–Trinajstić information content (AvgIpc) is 3.20. The Morgan fingerprint density at radius 3 is 2.50 bits per heavy atom. The second-order valence-corrected chi connectivity index (χ2v) is 7.93. The first-order valence-corrected chi connectivity index (χ1v) is 8.61. The summed E-state index contributed by atoms with van der Waals surface area (Å²) >= 11 is 0. The van der Waals surface area contributed by atoms with Gasteiger partial charge in [0.15, 0.2) is 0 Å². The summed E-state index contributed by atoms with van der Waals surface area (Å²) in [7, 11) is 0. The van der Waals surface area contributed by atoms with Gasteiger partial charge in [-0.15, -0.1) is 0 Å². The van der Waals surface area contributed by atoms with Crippen molar-refractivity contribution >= 4 is 0 Å². The van der Waals surface area contributed by atoms with Crippen LogP contribution in [0.15, 0.2) is 0 Å². The third kappa shape index (κ3) is 2.77. The molecule has 3 aliphatic rings. The van der Waals surface area contributed by atoms with Crippen molar-refractivity contribution in [1.29, 1.82) is 0 Å². The van der Waals surface area contributed by atoms with E-state index in [4.69, 9.17) is 4.74 Å². The predicted octanol–water partition coefficient (Wildman–Crippen LogP) is 2.80. The Morgan fingerprint density at radius 1 is 1.20 bits per heavy atom. The fourth-order valence-electron chi connectivity index (χ4n) is 4.04. The molecule has 3 nitrogen and oxygen atoms in total. The summed E-state index contributed by atoms with van der Waals surface area (Å²) in [6.07, 6.45) is 7.44. The molecule has 2 saturated heterocycles. The summed E-state index contributed by atoms with van der Waals surface area (Å²) in [6, 6.07) is 0. The molecule has 4 unspecified atom stereocenters. The fourth-order valence-corrected chi connectivity index (χ4v) is 4.04. The molecule has 0 amide bonds. The first kappa shape index (κ1) is 14.8. The smallest absolute Gasteiger partial charge is 0.0706 e. The minimum atomic E-state index is 0.276. The number of hydrogen-bond donors (Lipinski definition) is 1. The lowest BCUT2D eigenvalue weighted by atomic mass is 9.84. The largest absolute Gasteiger partial charge is 0.374 e. The standard InChI is InChI=1S/C17H32N2O/c1-5-16(3)12-19(10-15-9-6-13(2)20-15)17(4,11-18-16)14-7-8-14/h13-15,18H,5-12H2,1-4H3. The molecule has 3 heteroatoms. The van der Waals surface area contributed by atoms with Crippen molar-refractivity contribution < 1.29 is 4.74 Å². The van der Waals surface area contributed by atoms with Crippen LogP contribution in [-0.4, -0.2) is 47.8 Å². The van der Waals surface area contributed by atoms with Crippen molar-refractivity contribution in [2.45, 2.75) is 83.1 Å². The van der Waals surface area contributed by atoms with Gasteiger partial charge in [0.05, 0.1) is 12.2 Å². The van der Waals surface area contributed by atoms with Gasteiger partial charge >= 0.3 is 0 Å². The molecular weight excluding hydrogens is 248 g/mol. The van der Waals surface area contributed by atoms with Crippen LogP contribution >= 0.6 is 0 Å². The molecule has 0 aromatic carbocycles. The molecule has 0 bridgehead atoms. The number of rotatable bonds is 4. The van der Waals surface area contributed by atoms with E-state index in [1.54, 1.807) is 0 Å². The van der Waals surface area contributed by atoms with Crippen LogP contribution < -0.4 is 5.32 Å². The number of ether oxygens (including phenoxy) is 1. The zero-order chi connectivity index (χ0) is 14.4. The Balaban J connectivity index is 1.71. The summed E-state index contributed by atoms with van der Waals surface area (Å²) < 4.78 is 6.10. The molecule has 1 N–H and O–H groups in total. The predicted molar refractivity (Wildman–Crippen MR) is 83.0 cm³/mol. The van der Waals surface area contributed by atoms with Gasteiger partial charge < -0.3 is 10.1 Å². The maximum atomic E-state index is 6.10. The van der Waals surface area contributed by atoms with E-state index in [1.807, 2.05) is 0 Å². The van der Waals surface area contributed by atoms with Crippen LogP contribution in [0.2, 0.25) is 0 Å². The van der Waals surface area contributed by atoms with Crippen molar-refractivity contribution in [3.63, 3.8) is 0 Å². The third-order valence-electron chi connectivity index (χ3n) is 6.12. The SMILES string of the molecule is CCC1(C)CN(CC2CCC(C)O2)C(C)(C2CC2)CN1. The lowest BCUT2D eigenvalue weighted by Gasteiger charge is -2.53. The summed E-state index contributed by atoms with van der Waals surface area (Å²) in [5.74, 6) is 0.898. The Hall–Kier alpha value is -0.120. The third-order valence-corrected chi connectivity index (χ3v) is 6.12. The summed E-state index contributed by atoms with van der Waals surface area (Å²) in [4.78, 5) is 2.77. The normalized spacial score (nSPS) is 46.8. The lowest BCUT2D eigenvalue weighted by molar-refractivity contribution is -0.0404. The number of nitrogens with zero attached hydrogens (tertiary/aromatic N) is 1. The molecule has 0 aromatic rings. The number of hydrogen-bond acceptors (Lipinski definition) is 3. The highest BCUT2D eigenvalue weighted by Gasteiger charge is 2.50. The van der Waals surface area contributed by atoms with Crippen LogP contribution in [0.25, 0.3) is 0 Å². The summed E-state index contributed by atoms with van der Waals surface area (Å²) in [5.41, 5.74) is 0.627. The van der Waals surface area contributed by atoms with Crippen LogP contribution in [0.4, 0.5) is 0 Å². The van der Waals surface area contributed by atoms with Crippen LogP contribution in [0.3, 0.4) is 0 Å². The number of nitrogens with one attached hydrogen (secondary N) is 1. The van der Waals surface area contributed by atoms with Crippen LogP contribution in [-0.2, 0) is 4.74 Å². The van der Waals surface area contributed by atoms with Gasteiger partial charge in [-0.25, -0.2) is 0 Å². The molecule has 3 rings (SSSR count). The van der Waals surface area contributed by atoms with Gasteiger partial charge in [-0.05, 0) is 58.8 Å². The highest BCUT2D eigenvalue weighted by atomic mass is 16.5. The quantitative estimate of drug-likeness (QED) is 0.857. The topological polar surface area (TPSA) is 24.5 Å². The lowest BCUT2D eigenvalue weighted by Crippen LogP contribution is -2.69. The molecule has 20 heavy (non-hydrogen) atoms. The van der Waals surface area contributed by atoms with E-state index in [1.165, 1.54) is 38.6 Å². The van der Waals surface area contributed by atoms with Gasteiger partial charge in [0, 0.05) is 30.7 Å². The minimum absolute atomic E-state index is 0.276. The van der Waals surface area contributed by atoms with Gasteiger partial charge in [-0.2, -0.15) is 0 Å². The Labute approximate surface area is 124 Å². The monoisotopic (exact) mass is 280 g/mol. The Kier molecular flexibility index (Phi) is 3.89. The van der Waals surface area contributed by atoms with E-state index in [2.05, 4.69) is 37.9 Å². The van der Waals surface area contributed by atoms with E-state index in [-0.39, 0.29) is 5.54 Å². The van der Waals surface area contributed by atoms with E-state index >= 15 is 0 Å². The molecule has 1 aliphatic carbocycles. The second-order valence-electron chi connectivity index (χ2n) is 7.93. The molecular formula is C17H32N2O. The molecule has 116 valence electrons. The Bertz CT molecular complexity index is 357. The Morgan fingerprint density at radius 2 is 1.95 bits per heavy atom. The highest BCUT2D eigenvalue weighted by Crippen LogP contribution is 2.45. The molecule has 3 fully saturated rings. The minimum Gasteiger partial charge on any atom is -0.374 e. The molecule has 2 heterocycles.